The lowest BCUT2D eigenvalue weighted by Crippen LogP contribution is -2.24. The number of aryl methyl sites for hydroxylation is 1. The molecule has 3 aromatic carbocycles. The smallest absolute Gasteiger partial charge is 0.243 e. The number of hydrogen-bond donors (Lipinski definition) is 2. The first-order chi connectivity index (χ1) is 14.8. The predicted octanol–water partition coefficient (Wildman–Crippen LogP) is 4.45. The predicted molar refractivity (Wildman–Crippen MR) is 126 cm³/mol. The normalized spacial score (nSPS) is 11.4. The molecule has 0 aliphatic heterocycles. The van der Waals surface area contributed by atoms with Crippen LogP contribution in [-0.2, 0) is 14.8 Å². The number of carbonyl (C=O) groups excluding carboxylic acids is 1. The van der Waals surface area contributed by atoms with Gasteiger partial charge in [-0.3, -0.25) is 4.79 Å². The number of hydrogen-bond acceptors (Lipinski definition) is 5. The number of sulfonamides is 1. The largest absolute Gasteiger partial charge is 0.375 e. The highest BCUT2D eigenvalue weighted by Gasteiger charge is 2.18. The van der Waals surface area contributed by atoms with Gasteiger partial charge < -0.3 is 10.6 Å². The van der Waals surface area contributed by atoms with Gasteiger partial charge in [-0.2, -0.15) is 0 Å². The van der Waals surface area contributed by atoms with Crippen LogP contribution in [0.1, 0.15) is 5.56 Å². The summed E-state index contributed by atoms with van der Waals surface area (Å²) in [5.41, 5.74) is 2.11. The van der Waals surface area contributed by atoms with Crippen LogP contribution < -0.4 is 10.6 Å². The molecule has 0 aliphatic rings. The Balaban J connectivity index is 1.69. The molecule has 0 atom stereocenters. The van der Waals surface area contributed by atoms with Crippen molar-refractivity contribution >= 4 is 39.1 Å². The van der Waals surface area contributed by atoms with Crippen LogP contribution in [-0.4, -0.2) is 39.3 Å². The quantitative estimate of drug-likeness (QED) is 0.525. The van der Waals surface area contributed by atoms with E-state index in [2.05, 4.69) is 10.6 Å². The van der Waals surface area contributed by atoms with Gasteiger partial charge in [0.1, 0.15) is 0 Å². The average Bonchev–Trinajstić information content (AvgIpc) is 2.75. The van der Waals surface area contributed by atoms with Crippen molar-refractivity contribution in [1.29, 1.82) is 0 Å². The monoisotopic (exact) mass is 455 g/mol. The maximum atomic E-state index is 12.6. The van der Waals surface area contributed by atoms with Crippen LogP contribution in [0, 0.1) is 6.92 Å². The van der Waals surface area contributed by atoms with Gasteiger partial charge in [0.05, 0.1) is 11.4 Å². The summed E-state index contributed by atoms with van der Waals surface area (Å²) in [5.74, 6) is -0.262. The summed E-state index contributed by atoms with van der Waals surface area (Å²) in [7, 11) is -0.630. The Morgan fingerprint density at radius 3 is 2.32 bits per heavy atom. The van der Waals surface area contributed by atoms with Crippen molar-refractivity contribution in [2.45, 2.75) is 21.6 Å². The fourth-order valence-electron chi connectivity index (χ4n) is 2.79. The zero-order chi connectivity index (χ0) is 22.4. The molecule has 0 unspecified atom stereocenters. The molecule has 1 amide bonds. The van der Waals surface area contributed by atoms with Crippen molar-refractivity contribution < 1.29 is 13.2 Å². The van der Waals surface area contributed by atoms with E-state index in [0.717, 1.165) is 25.3 Å². The molecule has 3 aromatic rings. The van der Waals surface area contributed by atoms with E-state index < -0.39 is 10.0 Å². The summed E-state index contributed by atoms with van der Waals surface area (Å²) >= 11 is 1.61. The fourth-order valence-corrected chi connectivity index (χ4v) is 4.67. The molecule has 0 aliphatic carbocycles. The van der Waals surface area contributed by atoms with Crippen LogP contribution >= 0.6 is 11.8 Å². The Kier molecular flexibility index (Phi) is 7.37. The molecule has 2 N–H and O–H groups in total. The van der Waals surface area contributed by atoms with Gasteiger partial charge in [-0.05, 0) is 48.9 Å². The van der Waals surface area contributed by atoms with E-state index in [4.69, 9.17) is 0 Å². The van der Waals surface area contributed by atoms with E-state index in [-0.39, 0.29) is 17.3 Å². The third-order valence-electron chi connectivity index (χ3n) is 4.56. The Hall–Kier alpha value is -2.81. The Bertz CT molecular complexity index is 1160. The number of anilines is 2. The van der Waals surface area contributed by atoms with Gasteiger partial charge in [0, 0.05) is 35.3 Å². The molecule has 0 saturated carbocycles. The number of para-hydroxylation sites is 1. The third kappa shape index (κ3) is 5.88. The van der Waals surface area contributed by atoms with Gasteiger partial charge in [0.15, 0.2) is 0 Å². The first kappa shape index (κ1) is 22.9. The Morgan fingerprint density at radius 2 is 1.61 bits per heavy atom. The van der Waals surface area contributed by atoms with Gasteiger partial charge in [0.25, 0.3) is 0 Å². The van der Waals surface area contributed by atoms with Crippen LogP contribution in [0.2, 0.25) is 0 Å². The summed E-state index contributed by atoms with van der Waals surface area (Å²) in [6, 6.07) is 22.5. The zero-order valence-corrected chi connectivity index (χ0v) is 19.3. The van der Waals surface area contributed by atoms with Crippen LogP contribution in [0.15, 0.2) is 87.5 Å². The van der Waals surface area contributed by atoms with Gasteiger partial charge in [-0.15, -0.1) is 0 Å². The van der Waals surface area contributed by atoms with Gasteiger partial charge in [-0.25, -0.2) is 12.7 Å². The molecular weight excluding hydrogens is 430 g/mol. The molecule has 0 fully saturated rings. The molecule has 162 valence electrons. The third-order valence-corrected chi connectivity index (χ3v) is 7.45. The summed E-state index contributed by atoms with van der Waals surface area (Å²) in [6.45, 7) is 1.87. The maximum absolute atomic E-state index is 12.6. The van der Waals surface area contributed by atoms with Crippen molar-refractivity contribution in [1.82, 2.24) is 4.31 Å². The molecule has 0 radical (unpaired) electrons. The molecule has 0 bridgehead atoms. The number of carbonyl (C=O) groups is 1. The first-order valence-electron chi connectivity index (χ1n) is 9.66. The molecule has 0 spiro atoms. The number of rotatable bonds is 8. The van der Waals surface area contributed by atoms with Crippen molar-refractivity contribution in [3.8, 4) is 0 Å². The standard InChI is InChI=1S/C23H25N3O3S2/c1-17-13-14-19(31(28,29)26(2)3)15-21(17)25-23(27)16-24-20-11-7-8-12-22(20)30-18-9-5-4-6-10-18/h4-15,24H,16H2,1-3H3,(H,25,27). The summed E-state index contributed by atoms with van der Waals surface area (Å²) in [4.78, 5) is 14.8. The lowest BCUT2D eigenvalue weighted by Gasteiger charge is -2.15. The first-order valence-corrected chi connectivity index (χ1v) is 11.9. The minimum atomic E-state index is -3.58. The van der Waals surface area contributed by atoms with Crippen LogP contribution in [0.4, 0.5) is 11.4 Å². The lowest BCUT2D eigenvalue weighted by molar-refractivity contribution is -0.114. The van der Waals surface area contributed by atoms with E-state index in [9.17, 15) is 13.2 Å². The fraction of sp³-hybridized carbons (Fsp3) is 0.174. The molecule has 0 saturated heterocycles. The molecular formula is C23H25N3O3S2. The molecule has 0 aromatic heterocycles. The van der Waals surface area contributed by atoms with Gasteiger partial charge in [0.2, 0.25) is 15.9 Å². The van der Waals surface area contributed by atoms with Crippen LogP contribution in [0.25, 0.3) is 0 Å². The van der Waals surface area contributed by atoms with Crippen molar-refractivity contribution in [2.75, 3.05) is 31.3 Å². The van der Waals surface area contributed by atoms with Gasteiger partial charge in [-0.1, -0.05) is 48.2 Å². The number of nitrogens with one attached hydrogen (secondary N) is 2. The van der Waals surface area contributed by atoms with E-state index >= 15 is 0 Å². The van der Waals surface area contributed by atoms with E-state index in [1.165, 1.54) is 26.2 Å². The van der Waals surface area contributed by atoms with E-state index in [0.29, 0.717) is 5.69 Å². The lowest BCUT2D eigenvalue weighted by atomic mass is 10.2. The van der Waals surface area contributed by atoms with Crippen LogP contribution in [0.5, 0.6) is 0 Å². The van der Waals surface area contributed by atoms with Crippen molar-refractivity contribution in [3.05, 3.63) is 78.4 Å². The van der Waals surface area contributed by atoms with E-state index in [1.54, 1.807) is 17.8 Å². The number of benzene rings is 3. The second kappa shape index (κ2) is 10.00. The Morgan fingerprint density at radius 1 is 0.935 bits per heavy atom. The number of amides is 1. The molecule has 3 rings (SSSR count). The maximum Gasteiger partial charge on any atom is 0.243 e. The number of nitrogens with zero attached hydrogens (tertiary/aromatic N) is 1. The van der Waals surface area contributed by atoms with Crippen molar-refractivity contribution in [2.24, 2.45) is 0 Å². The zero-order valence-electron chi connectivity index (χ0n) is 17.6. The second-order valence-corrected chi connectivity index (χ2v) is 10.3. The summed E-state index contributed by atoms with van der Waals surface area (Å²) < 4.78 is 25.9. The highest BCUT2D eigenvalue weighted by atomic mass is 32.2. The summed E-state index contributed by atoms with van der Waals surface area (Å²) in [6.07, 6.45) is 0. The molecule has 31 heavy (non-hydrogen) atoms. The highest BCUT2D eigenvalue weighted by molar-refractivity contribution is 7.99. The van der Waals surface area contributed by atoms with Crippen LogP contribution in [0.3, 0.4) is 0 Å². The van der Waals surface area contributed by atoms with E-state index in [1.807, 2.05) is 61.5 Å². The minimum Gasteiger partial charge on any atom is -0.375 e. The second-order valence-electron chi connectivity index (χ2n) is 7.08. The minimum absolute atomic E-state index is 0.0520. The topological polar surface area (TPSA) is 78.5 Å². The highest BCUT2D eigenvalue weighted by Crippen LogP contribution is 2.33. The Labute approximate surface area is 187 Å². The molecule has 6 nitrogen and oxygen atoms in total. The summed E-state index contributed by atoms with van der Waals surface area (Å²) in [5, 5.41) is 5.99. The molecule has 0 heterocycles. The van der Waals surface area contributed by atoms with Crippen molar-refractivity contribution in [3.63, 3.8) is 0 Å². The SMILES string of the molecule is Cc1ccc(S(=O)(=O)N(C)C)cc1NC(=O)CNc1ccccc1Sc1ccccc1. The van der Waals surface area contributed by atoms with Gasteiger partial charge >= 0.3 is 0 Å². The average molecular weight is 456 g/mol. The molecule has 8 heteroatoms.